The fourth-order valence-electron chi connectivity index (χ4n) is 3.82. The first-order chi connectivity index (χ1) is 15.3. The fraction of sp³-hybridized carbons (Fsp3) is 0.0870. The molecule has 31 heavy (non-hydrogen) atoms. The van der Waals surface area contributed by atoms with Gasteiger partial charge in [-0.2, -0.15) is 0 Å². The van der Waals surface area contributed by atoms with Crippen LogP contribution in [-0.2, 0) is 6.61 Å². The maximum Gasteiger partial charge on any atom is 0.228 e. The lowest BCUT2D eigenvalue weighted by atomic mass is 9.87. The summed E-state index contributed by atoms with van der Waals surface area (Å²) in [6.45, 7) is 0.219. The molecule has 0 saturated heterocycles. The number of aromatic hydroxyl groups is 1. The monoisotopic (exact) mass is 412 g/mol. The molecule has 2 aromatic carbocycles. The lowest BCUT2D eigenvalue weighted by molar-refractivity contribution is 0.296. The van der Waals surface area contributed by atoms with Crippen LogP contribution in [0.15, 0.2) is 77.7 Å². The number of furan rings is 1. The molecule has 5 aromatic rings. The molecule has 3 aromatic heterocycles. The predicted molar refractivity (Wildman–Crippen MR) is 109 cm³/mol. The molecular formula is C23H16N4O4. The van der Waals surface area contributed by atoms with Crippen molar-refractivity contribution in [3.05, 3.63) is 96.0 Å². The number of nitrogens with zero attached hydrogens (tertiary/aromatic N) is 4. The zero-order valence-electron chi connectivity index (χ0n) is 16.2. The molecule has 0 bridgehead atoms. The van der Waals surface area contributed by atoms with Crippen LogP contribution in [0.4, 0.5) is 0 Å². The summed E-state index contributed by atoms with van der Waals surface area (Å²) in [6, 6.07) is 18.3. The fourth-order valence-corrected chi connectivity index (χ4v) is 3.82. The number of ether oxygens (including phenoxy) is 2. The summed E-state index contributed by atoms with van der Waals surface area (Å²) in [5.41, 5.74) is 2.20. The Morgan fingerprint density at radius 3 is 2.81 bits per heavy atom. The third kappa shape index (κ3) is 2.96. The Morgan fingerprint density at radius 1 is 1.06 bits per heavy atom. The van der Waals surface area contributed by atoms with Gasteiger partial charge >= 0.3 is 0 Å². The number of para-hydroxylation sites is 1. The molecule has 1 aliphatic heterocycles. The Hall–Kier alpha value is -4.33. The highest BCUT2D eigenvalue weighted by atomic mass is 16.5. The van der Waals surface area contributed by atoms with Gasteiger partial charge in [-0.05, 0) is 30.3 Å². The zero-order chi connectivity index (χ0) is 20.8. The second-order valence-corrected chi connectivity index (χ2v) is 7.13. The Labute approximate surface area is 176 Å². The Morgan fingerprint density at radius 2 is 1.97 bits per heavy atom. The van der Waals surface area contributed by atoms with E-state index in [1.165, 1.54) is 0 Å². The van der Waals surface area contributed by atoms with E-state index in [0.717, 1.165) is 22.6 Å². The van der Waals surface area contributed by atoms with Crippen molar-refractivity contribution in [2.75, 3.05) is 0 Å². The molecule has 0 amide bonds. The highest BCUT2D eigenvalue weighted by molar-refractivity contribution is 5.65. The van der Waals surface area contributed by atoms with Gasteiger partial charge in [-0.15, -0.1) is 5.10 Å². The molecule has 4 heterocycles. The first-order valence-electron chi connectivity index (χ1n) is 9.72. The molecule has 1 N–H and O–H groups in total. The van der Waals surface area contributed by atoms with Crippen molar-refractivity contribution < 1.29 is 19.0 Å². The van der Waals surface area contributed by atoms with Crippen molar-refractivity contribution in [3.63, 3.8) is 0 Å². The normalized spacial score (nSPS) is 14.6. The van der Waals surface area contributed by atoms with Crippen LogP contribution >= 0.6 is 0 Å². The number of benzene rings is 2. The van der Waals surface area contributed by atoms with E-state index in [2.05, 4.69) is 10.1 Å². The van der Waals surface area contributed by atoms with Gasteiger partial charge in [0.05, 0.1) is 17.7 Å². The van der Waals surface area contributed by atoms with Crippen molar-refractivity contribution in [2.24, 2.45) is 0 Å². The molecule has 0 radical (unpaired) electrons. The van der Waals surface area contributed by atoms with E-state index in [1.54, 1.807) is 29.2 Å². The zero-order valence-corrected chi connectivity index (χ0v) is 16.2. The van der Waals surface area contributed by atoms with E-state index in [-0.39, 0.29) is 18.3 Å². The first-order valence-corrected chi connectivity index (χ1v) is 9.72. The van der Waals surface area contributed by atoms with Crippen LogP contribution in [0.2, 0.25) is 0 Å². The minimum Gasteiger partial charge on any atom is -0.508 e. The van der Waals surface area contributed by atoms with Crippen LogP contribution in [0.25, 0.3) is 5.65 Å². The van der Waals surface area contributed by atoms with Gasteiger partial charge in [0, 0.05) is 11.6 Å². The first kappa shape index (κ1) is 17.5. The number of hydrogen-bond acceptors (Lipinski definition) is 7. The molecule has 1 aliphatic rings. The molecule has 0 aliphatic carbocycles. The van der Waals surface area contributed by atoms with Crippen molar-refractivity contribution in [3.8, 4) is 23.1 Å². The van der Waals surface area contributed by atoms with Crippen molar-refractivity contribution in [2.45, 2.75) is 12.5 Å². The SMILES string of the molecule is Oc1ccc2c(c1)Oc1ncn3nc(COc4ccccc4)nc3c1[C@@H]2c1ccco1. The average molecular weight is 412 g/mol. The van der Waals surface area contributed by atoms with Crippen LogP contribution in [0, 0.1) is 0 Å². The smallest absolute Gasteiger partial charge is 0.228 e. The summed E-state index contributed by atoms with van der Waals surface area (Å²) in [5.74, 6) is 2.71. The summed E-state index contributed by atoms with van der Waals surface area (Å²) >= 11 is 0. The highest BCUT2D eigenvalue weighted by Crippen LogP contribution is 2.48. The van der Waals surface area contributed by atoms with E-state index in [1.807, 2.05) is 48.5 Å². The quantitative estimate of drug-likeness (QED) is 0.461. The minimum atomic E-state index is -0.308. The molecule has 0 saturated carbocycles. The van der Waals surface area contributed by atoms with Gasteiger partial charge in [-0.25, -0.2) is 14.5 Å². The molecular weight excluding hydrogens is 396 g/mol. The number of phenolic OH excluding ortho intramolecular Hbond substituents is 1. The molecule has 1 atom stereocenters. The lowest BCUT2D eigenvalue weighted by Gasteiger charge is -2.26. The molecule has 6 rings (SSSR count). The molecule has 8 heteroatoms. The van der Waals surface area contributed by atoms with E-state index < -0.39 is 0 Å². The van der Waals surface area contributed by atoms with E-state index >= 15 is 0 Å². The van der Waals surface area contributed by atoms with E-state index in [9.17, 15) is 5.11 Å². The number of aromatic nitrogens is 4. The van der Waals surface area contributed by atoms with Crippen LogP contribution in [0.5, 0.6) is 23.1 Å². The lowest BCUT2D eigenvalue weighted by Crippen LogP contribution is -2.14. The van der Waals surface area contributed by atoms with Gasteiger partial charge in [-0.3, -0.25) is 0 Å². The predicted octanol–water partition coefficient (Wildman–Crippen LogP) is 4.29. The summed E-state index contributed by atoms with van der Waals surface area (Å²) in [7, 11) is 0. The highest BCUT2D eigenvalue weighted by Gasteiger charge is 2.35. The Bertz CT molecular complexity index is 1380. The number of rotatable bonds is 4. The largest absolute Gasteiger partial charge is 0.508 e. The van der Waals surface area contributed by atoms with E-state index in [4.69, 9.17) is 18.9 Å². The van der Waals surface area contributed by atoms with Gasteiger partial charge in [-0.1, -0.05) is 24.3 Å². The van der Waals surface area contributed by atoms with Crippen LogP contribution in [0.1, 0.15) is 28.6 Å². The summed E-state index contributed by atoms with van der Waals surface area (Å²) in [5, 5.41) is 14.4. The van der Waals surface area contributed by atoms with Gasteiger partial charge in [0.1, 0.15) is 35.9 Å². The topological polar surface area (TPSA) is 94.9 Å². The second-order valence-electron chi connectivity index (χ2n) is 7.13. The Balaban J connectivity index is 1.46. The maximum absolute atomic E-state index is 9.92. The third-order valence-electron chi connectivity index (χ3n) is 5.17. The molecule has 152 valence electrons. The van der Waals surface area contributed by atoms with Crippen molar-refractivity contribution in [1.29, 1.82) is 0 Å². The average Bonchev–Trinajstić information content (AvgIpc) is 3.46. The molecule has 0 unspecified atom stereocenters. The standard InChI is InChI=1S/C23H16N4O4/c28-14-8-9-16-18(11-14)31-23-21(20(16)17-7-4-10-29-17)22-25-19(26-27(22)13-24-23)12-30-15-5-2-1-3-6-15/h1-11,13,20,28H,12H2/t20-/m0/s1. The number of phenols is 1. The molecule has 0 fully saturated rings. The summed E-state index contributed by atoms with van der Waals surface area (Å²) < 4.78 is 19.2. The third-order valence-corrected chi connectivity index (χ3v) is 5.17. The second kappa shape index (κ2) is 6.88. The van der Waals surface area contributed by atoms with Crippen LogP contribution < -0.4 is 9.47 Å². The van der Waals surface area contributed by atoms with E-state index in [0.29, 0.717) is 23.1 Å². The van der Waals surface area contributed by atoms with Gasteiger partial charge in [0.25, 0.3) is 0 Å². The van der Waals surface area contributed by atoms with Gasteiger partial charge in [0.15, 0.2) is 11.5 Å². The van der Waals surface area contributed by atoms with Crippen LogP contribution in [-0.4, -0.2) is 24.7 Å². The number of fused-ring (bicyclic) bond motifs is 4. The summed E-state index contributed by atoms with van der Waals surface area (Å²) in [6.07, 6.45) is 3.18. The van der Waals surface area contributed by atoms with Crippen molar-refractivity contribution in [1.82, 2.24) is 19.6 Å². The molecule has 0 spiro atoms. The summed E-state index contributed by atoms with van der Waals surface area (Å²) in [4.78, 5) is 9.15. The maximum atomic E-state index is 9.92. The van der Waals surface area contributed by atoms with Gasteiger partial charge < -0.3 is 19.0 Å². The van der Waals surface area contributed by atoms with Crippen LogP contribution in [0.3, 0.4) is 0 Å². The van der Waals surface area contributed by atoms with Gasteiger partial charge in [0.2, 0.25) is 5.88 Å². The van der Waals surface area contributed by atoms with Crippen molar-refractivity contribution >= 4 is 5.65 Å². The minimum absolute atomic E-state index is 0.115. The Kier molecular flexibility index (Phi) is 3.89. The number of hydrogen-bond donors (Lipinski definition) is 1. The molecule has 8 nitrogen and oxygen atoms in total.